The van der Waals surface area contributed by atoms with E-state index in [1.165, 1.54) is 18.9 Å². The lowest BCUT2D eigenvalue weighted by Gasteiger charge is -2.24. The molecule has 1 fully saturated rings. The highest BCUT2D eigenvalue weighted by Gasteiger charge is 2.39. The van der Waals surface area contributed by atoms with Crippen molar-refractivity contribution in [3.63, 3.8) is 0 Å². The number of hydrogen-bond donors (Lipinski definition) is 1. The van der Waals surface area contributed by atoms with Crippen LogP contribution in [0.1, 0.15) is 38.2 Å². The van der Waals surface area contributed by atoms with E-state index >= 15 is 0 Å². The summed E-state index contributed by atoms with van der Waals surface area (Å²) >= 11 is 6.07. The molecule has 1 aromatic rings. The van der Waals surface area contributed by atoms with Gasteiger partial charge in [0.1, 0.15) is 0 Å². The first kappa shape index (κ1) is 18.2. The highest BCUT2D eigenvalue weighted by molar-refractivity contribution is 7.90. The van der Waals surface area contributed by atoms with Crippen LogP contribution >= 0.6 is 11.6 Å². The number of aliphatic imine (C=N–C) groups is 1. The SMILES string of the molecule is CCN=C(NS(=O)(=O)c1ccc(C)c(Cl)c1)N1CC2(C=N1)CCCC2. The summed E-state index contributed by atoms with van der Waals surface area (Å²) in [5.41, 5.74) is 0.892. The molecular formula is C17H23ClN4O2S. The Morgan fingerprint density at radius 2 is 2.12 bits per heavy atom. The van der Waals surface area contributed by atoms with Crippen molar-refractivity contribution in [1.82, 2.24) is 9.73 Å². The zero-order valence-electron chi connectivity index (χ0n) is 14.5. The van der Waals surface area contributed by atoms with Crippen LogP contribution in [0.25, 0.3) is 0 Å². The Labute approximate surface area is 154 Å². The first-order chi connectivity index (χ1) is 11.9. The minimum absolute atomic E-state index is 0.0626. The molecule has 0 radical (unpaired) electrons. The van der Waals surface area contributed by atoms with Gasteiger partial charge in [0.25, 0.3) is 10.0 Å². The molecule has 8 heteroatoms. The fourth-order valence-corrected chi connectivity index (χ4v) is 4.60. The quantitative estimate of drug-likeness (QED) is 0.644. The maximum atomic E-state index is 12.7. The summed E-state index contributed by atoms with van der Waals surface area (Å²) in [4.78, 5) is 4.43. The summed E-state index contributed by atoms with van der Waals surface area (Å²) in [6, 6.07) is 4.68. The number of hydrazone groups is 1. The second-order valence-corrected chi connectivity index (χ2v) is 8.78. The van der Waals surface area contributed by atoms with Crippen LogP contribution in [0.15, 0.2) is 33.2 Å². The monoisotopic (exact) mass is 382 g/mol. The van der Waals surface area contributed by atoms with E-state index in [1.54, 1.807) is 17.1 Å². The minimum Gasteiger partial charge on any atom is -0.251 e. The van der Waals surface area contributed by atoms with Crippen LogP contribution in [0, 0.1) is 12.3 Å². The molecule has 1 aliphatic carbocycles. The highest BCUT2D eigenvalue weighted by atomic mass is 35.5. The van der Waals surface area contributed by atoms with Crippen molar-refractivity contribution in [2.24, 2.45) is 15.5 Å². The Bertz CT molecular complexity index is 814. The Hall–Kier alpha value is -1.60. The van der Waals surface area contributed by atoms with E-state index < -0.39 is 10.0 Å². The van der Waals surface area contributed by atoms with Gasteiger partial charge >= 0.3 is 0 Å². The molecule has 0 saturated heterocycles. The number of aryl methyl sites for hydroxylation is 1. The van der Waals surface area contributed by atoms with E-state index in [9.17, 15) is 8.42 Å². The van der Waals surface area contributed by atoms with Crippen LogP contribution in [0.3, 0.4) is 0 Å². The van der Waals surface area contributed by atoms with Gasteiger partial charge in [-0.3, -0.25) is 4.99 Å². The summed E-state index contributed by atoms with van der Waals surface area (Å²) in [6.45, 7) is 4.83. The lowest BCUT2D eigenvalue weighted by Crippen LogP contribution is -2.42. The number of benzene rings is 1. The van der Waals surface area contributed by atoms with Crippen molar-refractivity contribution in [3.8, 4) is 0 Å². The fraction of sp³-hybridized carbons (Fsp3) is 0.529. The van der Waals surface area contributed by atoms with E-state index in [0.29, 0.717) is 18.1 Å². The number of sulfonamides is 1. The fourth-order valence-electron chi connectivity index (χ4n) is 3.30. The van der Waals surface area contributed by atoms with E-state index in [2.05, 4.69) is 14.8 Å². The molecule has 1 N–H and O–H groups in total. The van der Waals surface area contributed by atoms with Crippen molar-refractivity contribution < 1.29 is 8.42 Å². The van der Waals surface area contributed by atoms with Gasteiger partial charge in [0.05, 0.1) is 11.4 Å². The van der Waals surface area contributed by atoms with E-state index in [4.69, 9.17) is 11.6 Å². The van der Waals surface area contributed by atoms with Crippen LogP contribution in [0.4, 0.5) is 0 Å². The summed E-state index contributed by atoms with van der Waals surface area (Å²) in [6.07, 6.45) is 6.52. The second kappa shape index (κ2) is 6.96. The molecule has 0 amide bonds. The number of nitrogens with zero attached hydrogens (tertiary/aromatic N) is 3. The van der Waals surface area contributed by atoms with Crippen LogP contribution in [-0.4, -0.2) is 38.7 Å². The second-order valence-electron chi connectivity index (χ2n) is 6.69. The Morgan fingerprint density at radius 1 is 1.40 bits per heavy atom. The van der Waals surface area contributed by atoms with Crippen molar-refractivity contribution in [1.29, 1.82) is 0 Å². The maximum Gasteiger partial charge on any atom is 0.264 e. The standard InChI is InChI=1S/C17H23ClN4O2S/c1-3-19-16(22-12-17(11-20-22)8-4-5-9-17)21-25(23,24)14-7-6-13(2)15(18)10-14/h6-7,10-11H,3-5,8-9,12H2,1-2H3,(H,19,21). The third kappa shape index (κ3) is 3.82. The smallest absolute Gasteiger partial charge is 0.251 e. The third-order valence-electron chi connectivity index (χ3n) is 4.77. The number of rotatable bonds is 3. The van der Waals surface area contributed by atoms with Crippen molar-refractivity contribution in [2.45, 2.75) is 44.4 Å². The average molecular weight is 383 g/mol. The summed E-state index contributed by atoms with van der Waals surface area (Å²) < 4.78 is 28.0. The number of nitrogens with one attached hydrogen (secondary N) is 1. The van der Waals surface area contributed by atoms with Crippen molar-refractivity contribution in [3.05, 3.63) is 28.8 Å². The zero-order valence-corrected chi connectivity index (χ0v) is 16.1. The Morgan fingerprint density at radius 3 is 2.76 bits per heavy atom. The Balaban J connectivity index is 1.81. The van der Waals surface area contributed by atoms with Gasteiger partial charge in [-0.25, -0.2) is 18.1 Å². The normalized spacial score (nSPS) is 19.8. The molecule has 25 heavy (non-hydrogen) atoms. The predicted molar refractivity (Wildman–Crippen MR) is 101 cm³/mol. The van der Waals surface area contributed by atoms with Gasteiger partial charge in [-0.2, -0.15) is 5.10 Å². The summed E-state index contributed by atoms with van der Waals surface area (Å²) in [7, 11) is -3.77. The zero-order chi connectivity index (χ0) is 18.1. The molecule has 1 saturated carbocycles. The first-order valence-corrected chi connectivity index (χ1v) is 10.4. The molecule has 1 spiro atoms. The van der Waals surface area contributed by atoms with Crippen molar-refractivity contribution in [2.75, 3.05) is 13.1 Å². The van der Waals surface area contributed by atoms with Gasteiger partial charge in [0.2, 0.25) is 5.96 Å². The molecule has 136 valence electrons. The average Bonchev–Trinajstić information content (AvgIpc) is 3.20. The molecule has 0 bridgehead atoms. The van der Waals surface area contributed by atoms with Gasteiger partial charge < -0.3 is 0 Å². The van der Waals surface area contributed by atoms with Gasteiger partial charge in [-0.15, -0.1) is 0 Å². The third-order valence-corrected chi connectivity index (χ3v) is 6.50. The summed E-state index contributed by atoms with van der Waals surface area (Å²) in [5.74, 6) is 0.263. The molecule has 1 aromatic carbocycles. The van der Waals surface area contributed by atoms with Gasteiger partial charge in [0.15, 0.2) is 0 Å². The predicted octanol–water partition coefficient (Wildman–Crippen LogP) is 3.16. The van der Waals surface area contributed by atoms with Gasteiger partial charge in [0, 0.05) is 23.2 Å². The molecule has 1 heterocycles. The molecular weight excluding hydrogens is 360 g/mol. The topological polar surface area (TPSA) is 74.1 Å². The number of hydrogen-bond acceptors (Lipinski definition) is 4. The molecule has 0 aromatic heterocycles. The largest absolute Gasteiger partial charge is 0.264 e. The number of guanidine groups is 1. The van der Waals surface area contributed by atoms with E-state index in [1.807, 2.05) is 20.1 Å². The molecule has 0 unspecified atom stereocenters. The summed E-state index contributed by atoms with van der Waals surface area (Å²) in [5, 5.41) is 6.51. The molecule has 6 nitrogen and oxygen atoms in total. The first-order valence-electron chi connectivity index (χ1n) is 8.51. The highest BCUT2D eigenvalue weighted by Crippen LogP contribution is 2.40. The van der Waals surface area contributed by atoms with Crippen LogP contribution < -0.4 is 4.72 Å². The van der Waals surface area contributed by atoms with Crippen molar-refractivity contribution >= 4 is 33.8 Å². The number of halogens is 1. The van der Waals surface area contributed by atoms with Crippen LogP contribution in [0.2, 0.25) is 5.02 Å². The molecule has 3 rings (SSSR count). The van der Waals surface area contributed by atoms with Crippen LogP contribution in [0.5, 0.6) is 0 Å². The minimum atomic E-state index is -3.77. The lowest BCUT2D eigenvalue weighted by atomic mass is 9.88. The van der Waals surface area contributed by atoms with Crippen LogP contribution in [-0.2, 0) is 10.0 Å². The van der Waals surface area contributed by atoms with Gasteiger partial charge in [-0.05, 0) is 44.4 Å². The van der Waals surface area contributed by atoms with E-state index in [-0.39, 0.29) is 16.3 Å². The lowest BCUT2D eigenvalue weighted by molar-refractivity contribution is 0.342. The van der Waals surface area contributed by atoms with E-state index in [0.717, 1.165) is 18.4 Å². The van der Waals surface area contributed by atoms with Gasteiger partial charge in [-0.1, -0.05) is 30.5 Å². The molecule has 2 aliphatic rings. The Kier molecular flexibility index (Phi) is 5.06. The maximum absolute atomic E-state index is 12.7. The molecule has 0 atom stereocenters. The molecule has 1 aliphatic heterocycles.